The summed E-state index contributed by atoms with van der Waals surface area (Å²) in [7, 11) is 0. The van der Waals surface area contributed by atoms with E-state index < -0.39 is 11.7 Å². The molecule has 1 fully saturated rings. The summed E-state index contributed by atoms with van der Waals surface area (Å²) in [6.45, 7) is 2.70. The van der Waals surface area contributed by atoms with Crippen LogP contribution in [0.5, 0.6) is 0 Å². The van der Waals surface area contributed by atoms with Crippen LogP contribution in [0.4, 0.5) is 13.2 Å². The normalized spacial score (nSPS) is 22.5. The van der Waals surface area contributed by atoms with E-state index >= 15 is 0 Å². The Morgan fingerprint density at radius 3 is 2.76 bits per heavy atom. The minimum atomic E-state index is -4.32. The molecule has 2 aromatic rings. The number of halogens is 3. The van der Waals surface area contributed by atoms with Gasteiger partial charge in [-0.2, -0.15) is 13.2 Å². The zero-order valence-corrected chi connectivity index (χ0v) is 11.7. The molecule has 1 heterocycles. The topological polar surface area (TPSA) is 37.9 Å². The van der Waals surface area contributed by atoms with Gasteiger partial charge in [0, 0.05) is 13.0 Å². The number of ether oxygens (including phenoxy) is 1. The smallest absolute Gasteiger partial charge is 0.378 e. The van der Waals surface area contributed by atoms with Gasteiger partial charge in [0.1, 0.15) is 5.82 Å². The number of aromatic nitrogens is 2. The number of hydrogen-bond acceptors (Lipinski definition) is 2. The number of imidazole rings is 1. The van der Waals surface area contributed by atoms with E-state index in [1.807, 2.05) is 6.92 Å². The van der Waals surface area contributed by atoms with Gasteiger partial charge < -0.3 is 9.72 Å². The van der Waals surface area contributed by atoms with Crippen molar-refractivity contribution in [1.29, 1.82) is 0 Å². The van der Waals surface area contributed by atoms with Crippen LogP contribution in [0.2, 0.25) is 0 Å². The summed E-state index contributed by atoms with van der Waals surface area (Å²) in [4.78, 5) is 7.37. The Bertz CT molecular complexity index is 629. The molecule has 21 heavy (non-hydrogen) atoms. The maximum atomic E-state index is 12.7. The summed E-state index contributed by atoms with van der Waals surface area (Å²) in [5.74, 6) is 1.26. The molecule has 0 amide bonds. The Balaban J connectivity index is 1.70. The average Bonchev–Trinajstić information content (AvgIpc) is 2.76. The molecular formula is C15H17F3N2O. The van der Waals surface area contributed by atoms with E-state index in [0.29, 0.717) is 23.1 Å². The van der Waals surface area contributed by atoms with Gasteiger partial charge in [-0.05, 0) is 43.9 Å². The van der Waals surface area contributed by atoms with Crippen molar-refractivity contribution in [3.63, 3.8) is 0 Å². The Morgan fingerprint density at radius 1 is 1.33 bits per heavy atom. The van der Waals surface area contributed by atoms with Crippen LogP contribution in [0.15, 0.2) is 18.2 Å². The molecule has 0 aliphatic heterocycles. The lowest BCUT2D eigenvalue weighted by atomic mass is 9.80. The number of fused-ring (bicyclic) bond motifs is 1. The maximum absolute atomic E-state index is 12.7. The number of alkyl halides is 3. The number of rotatable bonds is 4. The van der Waals surface area contributed by atoms with Gasteiger partial charge in [-0.1, -0.05) is 0 Å². The maximum Gasteiger partial charge on any atom is 0.416 e. The summed E-state index contributed by atoms with van der Waals surface area (Å²) in [6.07, 6.45) is -1.23. The van der Waals surface area contributed by atoms with Crippen molar-refractivity contribution < 1.29 is 17.9 Å². The van der Waals surface area contributed by atoms with E-state index in [2.05, 4.69) is 9.97 Å². The predicted octanol–water partition coefficient (Wildman–Crippen LogP) is 3.94. The number of H-pyrrole nitrogens is 1. The standard InChI is InChI=1S/C15H17F3N2O/c1-2-21-11-5-9(6-11)7-14-19-12-4-3-10(15(16,17)18)8-13(12)20-14/h3-4,8-9,11H,2,5-7H2,1H3,(H,19,20). The van der Waals surface area contributed by atoms with Crippen molar-refractivity contribution >= 4 is 11.0 Å². The molecule has 0 radical (unpaired) electrons. The lowest BCUT2D eigenvalue weighted by Gasteiger charge is -2.34. The fourth-order valence-corrected chi connectivity index (χ4v) is 2.82. The van der Waals surface area contributed by atoms with E-state index in [4.69, 9.17) is 4.74 Å². The van der Waals surface area contributed by atoms with Gasteiger partial charge in [0.2, 0.25) is 0 Å². The van der Waals surface area contributed by atoms with E-state index in [0.717, 1.165) is 43.8 Å². The molecule has 114 valence electrons. The van der Waals surface area contributed by atoms with Gasteiger partial charge in [0.05, 0.1) is 22.7 Å². The fourth-order valence-electron chi connectivity index (χ4n) is 2.82. The van der Waals surface area contributed by atoms with Gasteiger partial charge in [-0.15, -0.1) is 0 Å². The molecule has 6 heteroatoms. The average molecular weight is 298 g/mol. The van der Waals surface area contributed by atoms with Crippen LogP contribution < -0.4 is 0 Å². The second-order valence-electron chi connectivity index (χ2n) is 5.53. The Labute approximate surface area is 120 Å². The van der Waals surface area contributed by atoms with E-state index in [1.165, 1.54) is 6.07 Å². The second-order valence-corrected chi connectivity index (χ2v) is 5.53. The van der Waals surface area contributed by atoms with Crippen molar-refractivity contribution in [2.45, 2.75) is 38.5 Å². The Hall–Kier alpha value is -1.56. The van der Waals surface area contributed by atoms with Crippen LogP contribution in [0, 0.1) is 5.92 Å². The highest BCUT2D eigenvalue weighted by Crippen LogP contribution is 2.34. The molecule has 3 nitrogen and oxygen atoms in total. The molecule has 1 aliphatic rings. The largest absolute Gasteiger partial charge is 0.416 e. The number of nitrogens with one attached hydrogen (secondary N) is 1. The van der Waals surface area contributed by atoms with Crippen molar-refractivity contribution in [3.8, 4) is 0 Å². The van der Waals surface area contributed by atoms with Gasteiger partial charge in [-0.25, -0.2) is 4.98 Å². The zero-order chi connectivity index (χ0) is 15.0. The quantitative estimate of drug-likeness (QED) is 0.928. The van der Waals surface area contributed by atoms with Crippen LogP contribution in [-0.4, -0.2) is 22.7 Å². The van der Waals surface area contributed by atoms with Gasteiger partial charge >= 0.3 is 6.18 Å². The van der Waals surface area contributed by atoms with Crippen molar-refractivity contribution in [2.24, 2.45) is 5.92 Å². The lowest BCUT2D eigenvalue weighted by molar-refractivity contribution is -0.137. The number of nitrogens with zero attached hydrogens (tertiary/aromatic N) is 1. The van der Waals surface area contributed by atoms with E-state index in [-0.39, 0.29) is 0 Å². The molecule has 0 saturated heterocycles. The summed E-state index contributed by atoms with van der Waals surface area (Å²) in [5.41, 5.74) is 0.379. The molecule has 3 rings (SSSR count). The number of aromatic amines is 1. The van der Waals surface area contributed by atoms with E-state index in [1.54, 1.807) is 0 Å². The van der Waals surface area contributed by atoms with Crippen molar-refractivity contribution in [3.05, 3.63) is 29.6 Å². The highest BCUT2D eigenvalue weighted by atomic mass is 19.4. The first-order valence-corrected chi connectivity index (χ1v) is 7.13. The highest BCUT2D eigenvalue weighted by Gasteiger charge is 2.32. The summed E-state index contributed by atoms with van der Waals surface area (Å²) < 4.78 is 43.5. The summed E-state index contributed by atoms with van der Waals surface area (Å²) in [5, 5.41) is 0. The molecule has 0 spiro atoms. The molecule has 1 aromatic carbocycles. The second kappa shape index (κ2) is 5.33. The Morgan fingerprint density at radius 2 is 2.10 bits per heavy atom. The fraction of sp³-hybridized carbons (Fsp3) is 0.533. The first-order valence-electron chi connectivity index (χ1n) is 7.13. The highest BCUT2D eigenvalue weighted by molar-refractivity contribution is 5.76. The zero-order valence-electron chi connectivity index (χ0n) is 11.7. The molecular weight excluding hydrogens is 281 g/mol. The van der Waals surface area contributed by atoms with Crippen LogP contribution >= 0.6 is 0 Å². The van der Waals surface area contributed by atoms with Crippen LogP contribution in [0.25, 0.3) is 11.0 Å². The molecule has 1 aromatic heterocycles. The van der Waals surface area contributed by atoms with Crippen molar-refractivity contribution in [1.82, 2.24) is 9.97 Å². The lowest BCUT2D eigenvalue weighted by Crippen LogP contribution is -2.32. The Kier molecular flexibility index (Phi) is 3.65. The van der Waals surface area contributed by atoms with Gasteiger partial charge in [-0.3, -0.25) is 0 Å². The molecule has 1 saturated carbocycles. The minimum absolute atomic E-state index is 0.334. The predicted molar refractivity (Wildman–Crippen MR) is 72.9 cm³/mol. The molecule has 0 unspecified atom stereocenters. The molecule has 1 N–H and O–H groups in total. The van der Waals surface area contributed by atoms with Gasteiger partial charge in [0.25, 0.3) is 0 Å². The van der Waals surface area contributed by atoms with Crippen LogP contribution in [-0.2, 0) is 17.3 Å². The third kappa shape index (κ3) is 3.05. The third-order valence-corrected chi connectivity index (χ3v) is 3.94. The third-order valence-electron chi connectivity index (χ3n) is 3.94. The molecule has 1 aliphatic carbocycles. The monoisotopic (exact) mass is 298 g/mol. The first-order chi connectivity index (χ1) is 9.95. The summed E-state index contributed by atoms with van der Waals surface area (Å²) in [6, 6.07) is 3.61. The molecule has 0 bridgehead atoms. The van der Waals surface area contributed by atoms with Crippen molar-refractivity contribution in [2.75, 3.05) is 6.61 Å². The number of benzene rings is 1. The minimum Gasteiger partial charge on any atom is -0.378 e. The van der Waals surface area contributed by atoms with Crippen LogP contribution in [0.1, 0.15) is 31.2 Å². The van der Waals surface area contributed by atoms with Crippen LogP contribution in [0.3, 0.4) is 0 Å². The SMILES string of the molecule is CCOC1CC(Cc2nc3ccc(C(F)(F)F)cc3[nH]2)C1. The summed E-state index contributed by atoms with van der Waals surface area (Å²) >= 11 is 0. The molecule has 0 atom stereocenters. The van der Waals surface area contributed by atoms with Gasteiger partial charge in [0.15, 0.2) is 0 Å². The number of hydrogen-bond donors (Lipinski definition) is 1. The van der Waals surface area contributed by atoms with E-state index in [9.17, 15) is 13.2 Å². The first kappa shape index (κ1) is 14.4.